The highest BCUT2D eigenvalue weighted by Gasteiger charge is 1.76. The maximum Gasteiger partial charge on any atom is 0.129 e. The van der Waals surface area contributed by atoms with Crippen molar-refractivity contribution in [2.75, 3.05) is 13.2 Å². The number of ketones is 1. The maximum absolute atomic E-state index is 9.81. The first-order valence-electron chi connectivity index (χ1n) is 2.90. The van der Waals surface area contributed by atoms with Gasteiger partial charge in [0.2, 0.25) is 0 Å². The number of aliphatic hydroxyl groups is 2. The summed E-state index contributed by atoms with van der Waals surface area (Å²) in [7, 11) is 0. The molecule has 2 N–H and O–H groups in total. The summed E-state index contributed by atoms with van der Waals surface area (Å²) in [6.07, 6.45) is 0.667. The van der Waals surface area contributed by atoms with Gasteiger partial charge in [0.1, 0.15) is 5.78 Å². The van der Waals surface area contributed by atoms with E-state index in [9.17, 15) is 4.79 Å². The molecule has 0 radical (unpaired) electrons. The number of carbonyl (C=O) groups is 1. The number of carbonyl (C=O) groups excluding carboxylic acids is 1. The fourth-order valence-corrected chi connectivity index (χ4v) is 0. The van der Waals surface area contributed by atoms with E-state index >= 15 is 0 Å². The molecular weight excluding hydrogens is 120 g/mol. The Morgan fingerprint density at radius 2 is 1.56 bits per heavy atom. The zero-order chi connectivity index (χ0) is 7.70. The van der Waals surface area contributed by atoms with Gasteiger partial charge in [-0.05, 0) is 6.92 Å². The minimum Gasteiger partial charge on any atom is -0.394 e. The molecule has 0 aromatic heterocycles. The second-order valence-corrected chi connectivity index (χ2v) is 1.50. The summed E-state index contributed by atoms with van der Waals surface area (Å²) < 4.78 is 0. The van der Waals surface area contributed by atoms with Gasteiger partial charge in [0.15, 0.2) is 0 Å². The summed E-state index contributed by atoms with van der Waals surface area (Å²) in [6.45, 7) is 3.18. The molecule has 0 rings (SSSR count). The third-order valence-corrected chi connectivity index (χ3v) is 0.598. The number of Topliss-reactive ketones (excluding diaryl/α,β-unsaturated/α-hetero) is 1. The lowest BCUT2D eigenvalue weighted by atomic mass is 10.4. The Balaban J connectivity index is 0. The molecule has 0 saturated heterocycles. The summed E-state index contributed by atoms with van der Waals surface area (Å²) in [5.41, 5.74) is 0. The molecule has 0 atom stereocenters. The van der Waals surface area contributed by atoms with Gasteiger partial charge in [0.05, 0.1) is 13.2 Å². The SMILES string of the molecule is CCC(C)=O.OCCO. The molecule has 0 aromatic carbocycles. The van der Waals surface area contributed by atoms with E-state index in [4.69, 9.17) is 10.2 Å². The van der Waals surface area contributed by atoms with Crippen molar-refractivity contribution in [2.45, 2.75) is 20.3 Å². The predicted octanol–water partition coefficient (Wildman–Crippen LogP) is -0.0436. The summed E-state index contributed by atoms with van der Waals surface area (Å²) in [4.78, 5) is 9.81. The normalized spacial score (nSPS) is 7.56. The predicted molar refractivity (Wildman–Crippen MR) is 35.1 cm³/mol. The Labute approximate surface area is 55.3 Å². The average Bonchev–Trinajstić information content (AvgIpc) is 1.89. The van der Waals surface area contributed by atoms with Gasteiger partial charge in [0.25, 0.3) is 0 Å². The molecule has 0 aliphatic heterocycles. The zero-order valence-electron chi connectivity index (χ0n) is 5.92. The molecule has 56 valence electrons. The Kier molecular flexibility index (Phi) is 13.4. The fourth-order valence-electron chi connectivity index (χ4n) is 0. The molecule has 0 aromatic rings. The second kappa shape index (κ2) is 10.5. The summed E-state index contributed by atoms with van der Waals surface area (Å²) in [5, 5.41) is 15.2. The van der Waals surface area contributed by atoms with Gasteiger partial charge in [-0.25, -0.2) is 0 Å². The van der Waals surface area contributed by atoms with Crippen LogP contribution in [0, 0.1) is 0 Å². The minimum absolute atomic E-state index is 0.125. The maximum atomic E-state index is 9.81. The molecule has 0 unspecified atom stereocenters. The van der Waals surface area contributed by atoms with Crippen LogP contribution in [0.1, 0.15) is 20.3 Å². The molecule has 0 fully saturated rings. The monoisotopic (exact) mass is 134 g/mol. The van der Waals surface area contributed by atoms with Gasteiger partial charge >= 0.3 is 0 Å². The van der Waals surface area contributed by atoms with Crippen LogP contribution in [0.3, 0.4) is 0 Å². The first-order chi connectivity index (χ1) is 4.18. The van der Waals surface area contributed by atoms with E-state index in [0.29, 0.717) is 6.42 Å². The molecule has 0 aliphatic rings. The van der Waals surface area contributed by atoms with E-state index in [1.54, 1.807) is 6.92 Å². The molecule has 3 heteroatoms. The van der Waals surface area contributed by atoms with Gasteiger partial charge in [-0.2, -0.15) is 0 Å². The fraction of sp³-hybridized carbons (Fsp3) is 0.833. The Morgan fingerprint density at radius 3 is 1.56 bits per heavy atom. The van der Waals surface area contributed by atoms with Crippen LogP contribution < -0.4 is 0 Å². The van der Waals surface area contributed by atoms with Crippen LogP contribution in [-0.2, 0) is 4.79 Å². The first-order valence-corrected chi connectivity index (χ1v) is 2.90. The smallest absolute Gasteiger partial charge is 0.129 e. The lowest BCUT2D eigenvalue weighted by Crippen LogP contribution is -1.85. The molecule has 0 spiro atoms. The third-order valence-electron chi connectivity index (χ3n) is 0.598. The largest absolute Gasteiger partial charge is 0.394 e. The van der Waals surface area contributed by atoms with Crippen molar-refractivity contribution >= 4 is 5.78 Å². The number of rotatable bonds is 2. The molecule has 0 saturated carbocycles. The molecule has 0 aliphatic carbocycles. The summed E-state index contributed by atoms with van der Waals surface area (Å²) in [6, 6.07) is 0. The molecular formula is C6H14O3. The number of aliphatic hydroxyl groups excluding tert-OH is 2. The highest BCUT2D eigenvalue weighted by Crippen LogP contribution is 1.71. The topological polar surface area (TPSA) is 57.5 Å². The van der Waals surface area contributed by atoms with E-state index in [2.05, 4.69) is 0 Å². The highest BCUT2D eigenvalue weighted by atomic mass is 16.3. The van der Waals surface area contributed by atoms with E-state index in [1.165, 1.54) is 0 Å². The first kappa shape index (κ1) is 11.4. The number of hydrogen-bond donors (Lipinski definition) is 2. The van der Waals surface area contributed by atoms with Crippen molar-refractivity contribution in [1.29, 1.82) is 0 Å². The Hall–Kier alpha value is -0.410. The van der Waals surface area contributed by atoms with Crippen molar-refractivity contribution < 1.29 is 15.0 Å². The quantitative estimate of drug-likeness (QED) is 0.557. The second-order valence-electron chi connectivity index (χ2n) is 1.50. The summed E-state index contributed by atoms with van der Waals surface area (Å²) in [5.74, 6) is 0.255. The van der Waals surface area contributed by atoms with E-state index in [0.717, 1.165) is 0 Å². The lowest BCUT2D eigenvalue weighted by molar-refractivity contribution is -0.116. The van der Waals surface area contributed by atoms with Crippen LogP contribution in [0.2, 0.25) is 0 Å². The van der Waals surface area contributed by atoms with Crippen molar-refractivity contribution in [2.24, 2.45) is 0 Å². The minimum atomic E-state index is -0.125. The van der Waals surface area contributed by atoms with Gasteiger partial charge in [-0.3, -0.25) is 0 Å². The molecule has 0 heterocycles. The van der Waals surface area contributed by atoms with Crippen LogP contribution in [0.5, 0.6) is 0 Å². The number of hydrogen-bond acceptors (Lipinski definition) is 3. The van der Waals surface area contributed by atoms with Crippen LogP contribution in [0.25, 0.3) is 0 Å². The van der Waals surface area contributed by atoms with Crippen molar-refractivity contribution in [3.05, 3.63) is 0 Å². The van der Waals surface area contributed by atoms with Gasteiger partial charge < -0.3 is 15.0 Å². The van der Waals surface area contributed by atoms with Gasteiger partial charge in [-0.15, -0.1) is 0 Å². The standard InChI is InChI=1S/C4H8O.C2H6O2/c1-3-4(2)5;3-1-2-4/h3H2,1-2H3;3-4H,1-2H2. The van der Waals surface area contributed by atoms with E-state index < -0.39 is 0 Å². The Morgan fingerprint density at radius 1 is 1.33 bits per heavy atom. The lowest BCUT2D eigenvalue weighted by Gasteiger charge is -1.71. The van der Waals surface area contributed by atoms with Crippen LogP contribution in [-0.4, -0.2) is 29.2 Å². The van der Waals surface area contributed by atoms with E-state index in [-0.39, 0.29) is 19.0 Å². The highest BCUT2D eigenvalue weighted by molar-refractivity contribution is 5.74. The van der Waals surface area contributed by atoms with E-state index in [1.807, 2.05) is 6.92 Å². The molecule has 9 heavy (non-hydrogen) atoms. The van der Waals surface area contributed by atoms with Crippen molar-refractivity contribution in [3.8, 4) is 0 Å². The van der Waals surface area contributed by atoms with Crippen LogP contribution in [0.4, 0.5) is 0 Å². The van der Waals surface area contributed by atoms with Crippen molar-refractivity contribution in [1.82, 2.24) is 0 Å². The summed E-state index contributed by atoms with van der Waals surface area (Å²) >= 11 is 0. The average molecular weight is 134 g/mol. The molecule has 3 nitrogen and oxygen atoms in total. The molecule has 0 amide bonds. The van der Waals surface area contributed by atoms with Crippen molar-refractivity contribution in [3.63, 3.8) is 0 Å². The molecule has 0 bridgehead atoms. The zero-order valence-corrected chi connectivity index (χ0v) is 5.92. The van der Waals surface area contributed by atoms with Gasteiger partial charge in [-0.1, -0.05) is 6.92 Å². The van der Waals surface area contributed by atoms with Crippen LogP contribution in [0.15, 0.2) is 0 Å². The van der Waals surface area contributed by atoms with Gasteiger partial charge in [0, 0.05) is 6.42 Å². The third kappa shape index (κ3) is 35.4. The Bertz CT molecular complexity index is 59.3. The van der Waals surface area contributed by atoms with Crippen LogP contribution >= 0.6 is 0 Å².